The number of anilines is 2. The third kappa shape index (κ3) is 9.29. The largest absolute Gasteiger partial charge is 0.629 e. The van der Waals surface area contributed by atoms with Gasteiger partial charge in [-0.2, -0.15) is 0 Å². The van der Waals surface area contributed by atoms with Crippen molar-refractivity contribution in [3.8, 4) is 11.5 Å². The highest BCUT2D eigenvalue weighted by Crippen LogP contribution is 2.49. The summed E-state index contributed by atoms with van der Waals surface area (Å²) in [6, 6.07) is 17.0. The summed E-state index contributed by atoms with van der Waals surface area (Å²) < 4.78 is 57.2. The van der Waals surface area contributed by atoms with Crippen LogP contribution in [0.15, 0.2) is 76.5 Å². The molecule has 18 heteroatoms. The number of aromatic amines is 1. The number of nitrogens with zero attached hydrogens (tertiary/aromatic N) is 4. The average Bonchev–Trinajstić information content (AvgIpc) is 4.08. The third-order valence-corrected chi connectivity index (χ3v) is 17.1. The van der Waals surface area contributed by atoms with Gasteiger partial charge in [0, 0.05) is 62.8 Å². The van der Waals surface area contributed by atoms with E-state index >= 15 is 0 Å². The van der Waals surface area contributed by atoms with E-state index in [1.54, 1.807) is 12.1 Å². The Morgan fingerprint density at radius 3 is 2.55 bits per heavy atom. The molecule has 10 rings (SSSR count). The summed E-state index contributed by atoms with van der Waals surface area (Å²) in [5.41, 5.74) is 3.67. The lowest BCUT2D eigenvalue weighted by atomic mass is 9.70. The number of ether oxygens (including phenoxy) is 1. The SMILES string of the molecule is CC(C)c1ccccc1[C@@H]1CCCC1N1CC2(CCN(c3ccc(C(=O)NS(=O)(=O)c4cc([NH+](C)[O-])c(NCC5CCC(C)(O)CC5)c5conc45)c(Oc4cc5c(F)c[nH]c5nc4Cl)c3)CC2)C1. The topological polar surface area (TPSA) is 193 Å². The summed E-state index contributed by atoms with van der Waals surface area (Å²) in [6.45, 7) is 10.5. The minimum absolute atomic E-state index is 0.0250. The second-order valence-corrected chi connectivity index (χ2v) is 22.6. The molecule has 1 amide bonds. The Hall–Kier alpha value is -5.30. The molecule has 1 spiro atoms. The molecule has 2 saturated carbocycles. The first-order chi connectivity index (χ1) is 33.0. The Balaban J connectivity index is 0.889. The van der Waals surface area contributed by atoms with Crippen molar-refractivity contribution in [2.24, 2.45) is 11.3 Å². The van der Waals surface area contributed by atoms with Gasteiger partial charge in [-0.25, -0.2) is 22.5 Å². The minimum atomic E-state index is -4.72. The van der Waals surface area contributed by atoms with Crippen molar-refractivity contribution in [2.75, 3.05) is 50.0 Å². The Kier molecular flexibility index (Phi) is 12.7. The maximum atomic E-state index is 14.8. The summed E-state index contributed by atoms with van der Waals surface area (Å²) in [4.78, 5) is 25.8. The van der Waals surface area contributed by atoms with Crippen LogP contribution in [0.2, 0.25) is 5.15 Å². The van der Waals surface area contributed by atoms with Crippen molar-refractivity contribution in [1.82, 2.24) is 24.7 Å². The maximum absolute atomic E-state index is 14.8. The van der Waals surface area contributed by atoms with E-state index in [1.807, 2.05) is 6.92 Å². The smallest absolute Gasteiger partial charge is 0.268 e. The van der Waals surface area contributed by atoms with Crippen molar-refractivity contribution in [2.45, 2.75) is 107 Å². The molecule has 3 atom stereocenters. The summed E-state index contributed by atoms with van der Waals surface area (Å²) in [5, 5.41) is 30.8. The molecule has 0 bridgehead atoms. The molecule has 5 N–H and O–H groups in total. The van der Waals surface area contributed by atoms with Crippen LogP contribution in [0.25, 0.3) is 21.9 Å². The number of aromatic nitrogens is 3. The number of quaternary nitrogens is 1. The molecule has 2 aliphatic heterocycles. The van der Waals surface area contributed by atoms with Gasteiger partial charge in [0.25, 0.3) is 15.9 Å². The first-order valence-corrected chi connectivity index (χ1v) is 26.0. The lowest BCUT2D eigenvalue weighted by Gasteiger charge is -2.57. The molecule has 2 saturated heterocycles. The van der Waals surface area contributed by atoms with Crippen molar-refractivity contribution in [3.05, 3.63) is 99.9 Å². The van der Waals surface area contributed by atoms with Gasteiger partial charge in [0.2, 0.25) is 0 Å². The van der Waals surface area contributed by atoms with Gasteiger partial charge in [-0.3, -0.25) is 9.69 Å². The number of piperidine rings is 1. The Bertz CT molecular complexity index is 3010. The van der Waals surface area contributed by atoms with E-state index in [-0.39, 0.29) is 61.2 Å². The van der Waals surface area contributed by atoms with Gasteiger partial charge in [-0.15, -0.1) is 0 Å². The van der Waals surface area contributed by atoms with Crippen molar-refractivity contribution in [1.29, 1.82) is 0 Å². The van der Waals surface area contributed by atoms with Gasteiger partial charge in [0.05, 0.1) is 29.0 Å². The number of carbonyl (C=O) groups excluding carboxylic acids is 1. The molecule has 2 aliphatic carbocycles. The standard InChI is InChI=1S/C51H60ClFN8O7S/c1-30(2)33-8-5-6-9-34(33)35-10-7-11-40(35)61-28-51(29-61)18-20-60(21-19-51)32-12-13-36(42(22-32)68-43-23-37-39(53)26-55-48(37)56-47(43)52)49(62)58-69(65,66)44-24-41(59(4)64)45(38-27-67-57-46(38)44)54-25-31-14-16-50(3,63)17-15-31/h5-6,8-9,12-13,22-24,26-27,30-31,35,40,54,59,63H,7,10-11,14-21,25,28-29H2,1-4H3,(H,55,56)(H,58,62)/t31?,35-,40?,50?/m0/s1. The fourth-order valence-electron chi connectivity index (χ4n) is 11.5. The highest BCUT2D eigenvalue weighted by Gasteiger charge is 2.49. The summed E-state index contributed by atoms with van der Waals surface area (Å²) in [5.74, 6) is -0.427. The van der Waals surface area contributed by atoms with Gasteiger partial charge in [0.1, 0.15) is 39.6 Å². The highest BCUT2D eigenvalue weighted by molar-refractivity contribution is 7.90. The number of carbonyl (C=O) groups is 1. The zero-order valence-electron chi connectivity index (χ0n) is 39.4. The van der Waals surface area contributed by atoms with Crippen LogP contribution < -0.4 is 24.7 Å². The predicted molar refractivity (Wildman–Crippen MR) is 264 cm³/mol. The number of sulfonamides is 1. The number of nitrogens with one attached hydrogen (secondary N) is 4. The number of hydroxylamine groups is 1. The molecule has 0 radical (unpaired) electrons. The van der Waals surface area contributed by atoms with E-state index in [9.17, 15) is 27.9 Å². The van der Waals surface area contributed by atoms with Crippen molar-refractivity contribution >= 4 is 66.5 Å². The lowest BCUT2D eigenvalue weighted by molar-refractivity contribution is -0.750. The molecular weight excluding hydrogens is 923 g/mol. The Morgan fingerprint density at radius 2 is 1.81 bits per heavy atom. The molecule has 366 valence electrons. The number of fused-ring (bicyclic) bond motifs is 2. The van der Waals surface area contributed by atoms with Crippen LogP contribution >= 0.6 is 11.6 Å². The molecular formula is C51H60ClFN8O7S. The third-order valence-electron chi connectivity index (χ3n) is 15.5. The number of rotatable bonds is 13. The van der Waals surface area contributed by atoms with Gasteiger partial charge < -0.3 is 39.8 Å². The second-order valence-electron chi connectivity index (χ2n) is 20.6. The molecule has 3 aromatic heterocycles. The summed E-state index contributed by atoms with van der Waals surface area (Å²) in [6.07, 6.45) is 10.9. The number of pyridine rings is 1. The van der Waals surface area contributed by atoms with Crippen LogP contribution in [-0.2, 0) is 10.0 Å². The van der Waals surface area contributed by atoms with Gasteiger partial charge in [-0.05, 0) is 111 Å². The monoisotopic (exact) mass is 982 g/mol. The van der Waals surface area contributed by atoms with E-state index in [0.717, 1.165) is 63.7 Å². The molecule has 2 unspecified atom stereocenters. The van der Waals surface area contributed by atoms with E-state index in [1.165, 1.54) is 61.9 Å². The molecule has 5 heterocycles. The van der Waals surface area contributed by atoms with E-state index < -0.39 is 37.3 Å². The van der Waals surface area contributed by atoms with E-state index in [0.29, 0.717) is 43.0 Å². The number of aliphatic hydroxyl groups is 1. The molecule has 4 aliphatic rings. The molecule has 15 nitrogen and oxygen atoms in total. The molecule has 69 heavy (non-hydrogen) atoms. The average molecular weight is 984 g/mol. The van der Waals surface area contributed by atoms with Crippen LogP contribution in [-0.4, -0.2) is 90.9 Å². The summed E-state index contributed by atoms with van der Waals surface area (Å²) >= 11 is 6.57. The van der Waals surface area contributed by atoms with Gasteiger partial charge >= 0.3 is 0 Å². The van der Waals surface area contributed by atoms with Crippen LogP contribution in [0.4, 0.5) is 21.5 Å². The zero-order valence-corrected chi connectivity index (χ0v) is 41.0. The molecule has 6 aromatic rings. The number of hydrogen-bond acceptors (Lipinski definition) is 12. The summed E-state index contributed by atoms with van der Waals surface area (Å²) in [7, 11) is -3.39. The quantitative estimate of drug-likeness (QED) is 0.0547. The number of amides is 1. The van der Waals surface area contributed by atoms with Crippen LogP contribution in [0.5, 0.6) is 11.5 Å². The minimum Gasteiger partial charge on any atom is -0.629 e. The first-order valence-electron chi connectivity index (χ1n) is 24.2. The van der Waals surface area contributed by atoms with E-state index in [4.69, 9.17) is 20.9 Å². The highest BCUT2D eigenvalue weighted by atomic mass is 35.5. The number of likely N-dealkylation sites (tertiary alicyclic amines) is 1. The molecule has 4 fully saturated rings. The second kappa shape index (κ2) is 18.5. The number of hydrogen-bond donors (Lipinski definition) is 5. The van der Waals surface area contributed by atoms with Crippen LogP contribution in [0.3, 0.4) is 0 Å². The van der Waals surface area contributed by atoms with Gasteiger partial charge in [0.15, 0.2) is 16.6 Å². The normalized spacial score (nSPS) is 23.4. The number of benzene rings is 3. The lowest BCUT2D eigenvalue weighted by Crippen LogP contribution is -2.98. The van der Waals surface area contributed by atoms with E-state index in [2.05, 4.69) is 73.1 Å². The predicted octanol–water partition coefficient (Wildman–Crippen LogP) is 8.77. The van der Waals surface area contributed by atoms with Crippen molar-refractivity contribution in [3.63, 3.8) is 0 Å². The fraction of sp³-hybridized carbons (Fsp3) is 0.471. The first kappa shape index (κ1) is 47.4. The number of H-pyrrole nitrogens is 1. The number of halogens is 2. The van der Waals surface area contributed by atoms with Gasteiger partial charge in [-0.1, -0.05) is 61.3 Å². The Morgan fingerprint density at radius 1 is 1.06 bits per heavy atom. The zero-order chi connectivity index (χ0) is 48.4. The fourth-order valence-corrected chi connectivity index (χ4v) is 12.8. The molecule has 3 aromatic carbocycles. The van der Waals surface area contributed by atoms with Crippen LogP contribution in [0, 0.1) is 22.4 Å². The van der Waals surface area contributed by atoms with Crippen molar-refractivity contribution < 1.29 is 37.0 Å². The van der Waals surface area contributed by atoms with Crippen LogP contribution in [0.1, 0.15) is 112 Å². The maximum Gasteiger partial charge on any atom is 0.268 e. The Labute approximate surface area is 406 Å².